The van der Waals surface area contributed by atoms with E-state index in [4.69, 9.17) is 19.3 Å². The molecule has 0 fully saturated rings. The second kappa shape index (κ2) is 9.55. The predicted molar refractivity (Wildman–Crippen MR) is 114 cm³/mol. The van der Waals surface area contributed by atoms with Crippen LogP contribution in [0.3, 0.4) is 0 Å². The van der Waals surface area contributed by atoms with E-state index in [1.54, 1.807) is 26.0 Å². The normalized spacial score (nSPS) is 12.8. The maximum absolute atomic E-state index is 12.8. The number of ether oxygens (including phenoxy) is 3. The van der Waals surface area contributed by atoms with Gasteiger partial charge in [-0.3, -0.25) is 4.79 Å². The molecule has 32 heavy (non-hydrogen) atoms. The molecule has 2 aromatic carbocycles. The summed E-state index contributed by atoms with van der Waals surface area (Å²) in [5.74, 6) is -2.13. The molecule has 0 unspecified atom stereocenters. The van der Waals surface area contributed by atoms with Crippen molar-refractivity contribution in [1.29, 1.82) is 0 Å². The Morgan fingerprint density at radius 2 is 1.91 bits per heavy atom. The molecule has 1 heterocycles. The van der Waals surface area contributed by atoms with E-state index in [2.05, 4.69) is 0 Å². The molecule has 0 atom stereocenters. The summed E-state index contributed by atoms with van der Waals surface area (Å²) in [7, 11) is 1.48. The van der Waals surface area contributed by atoms with Crippen LogP contribution in [0, 0.1) is 6.92 Å². The van der Waals surface area contributed by atoms with Crippen LogP contribution in [0.1, 0.15) is 57.2 Å². The van der Waals surface area contributed by atoms with Gasteiger partial charge in [0.1, 0.15) is 29.2 Å². The molecular weight excluding hydrogens is 416 g/mol. The number of aliphatic carboxylic acids is 1. The van der Waals surface area contributed by atoms with Crippen LogP contribution in [0.5, 0.6) is 17.2 Å². The quantitative estimate of drug-likeness (QED) is 0.360. The summed E-state index contributed by atoms with van der Waals surface area (Å²) >= 11 is 0. The number of cyclic esters (lactones) is 1. The Bertz CT molecular complexity index is 1110. The monoisotopic (exact) mass is 440 g/mol. The number of carboxylic acid groups (broad SMARTS) is 1. The summed E-state index contributed by atoms with van der Waals surface area (Å²) in [6, 6.07) is 5.93. The molecule has 8 heteroatoms. The van der Waals surface area contributed by atoms with Crippen LogP contribution >= 0.6 is 0 Å². The summed E-state index contributed by atoms with van der Waals surface area (Å²) < 4.78 is 16.4. The number of esters is 2. The number of phenols is 1. The molecule has 168 valence electrons. The Hall–Kier alpha value is -3.81. The number of allylic oxidation sites excluding steroid dienone is 2. The summed E-state index contributed by atoms with van der Waals surface area (Å²) in [6.45, 7) is 3.63. The molecule has 1 aliphatic heterocycles. The molecule has 2 N–H and O–H groups in total. The highest BCUT2D eigenvalue weighted by molar-refractivity contribution is 6.01. The highest BCUT2D eigenvalue weighted by Gasteiger charge is 2.34. The van der Waals surface area contributed by atoms with Crippen molar-refractivity contribution in [2.75, 3.05) is 7.11 Å². The zero-order chi connectivity index (χ0) is 23.4. The lowest BCUT2D eigenvalue weighted by Crippen LogP contribution is -2.14. The first-order valence-corrected chi connectivity index (χ1v) is 10.0. The summed E-state index contributed by atoms with van der Waals surface area (Å²) in [5.41, 5.74) is 2.66. The van der Waals surface area contributed by atoms with E-state index in [-0.39, 0.29) is 42.1 Å². The van der Waals surface area contributed by atoms with Gasteiger partial charge in [0, 0.05) is 17.5 Å². The molecule has 1 aliphatic rings. The van der Waals surface area contributed by atoms with Crippen molar-refractivity contribution >= 4 is 17.9 Å². The van der Waals surface area contributed by atoms with Gasteiger partial charge < -0.3 is 24.4 Å². The predicted octanol–water partition coefficient (Wildman–Crippen LogP) is 3.95. The molecular formula is C24H24O8. The van der Waals surface area contributed by atoms with E-state index < -0.39 is 17.9 Å². The first kappa shape index (κ1) is 22.9. The Kier molecular flexibility index (Phi) is 6.82. The standard InChI is InChI=1S/C24H24O8/c1-13(9-11-19(26)27)8-10-16-21(30-3)14(2)17-12-31-24(29)20(17)22(16)32-23(28)15-6-4-5-7-18(15)25/h4-8,25H,9-12H2,1-3H3,(H,26,27)/b13-8+. The smallest absolute Gasteiger partial charge is 0.347 e. The van der Waals surface area contributed by atoms with Crippen LogP contribution in [0.2, 0.25) is 0 Å². The van der Waals surface area contributed by atoms with Gasteiger partial charge in [0.25, 0.3) is 0 Å². The number of fused-ring (bicyclic) bond motifs is 1. The van der Waals surface area contributed by atoms with Crippen molar-refractivity contribution in [2.24, 2.45) is 0 Å². The van der Waals surface area contributed by atoms with Gasteiger partial charge in [-0.1, -0.05) is 23.8 Å². The number of para-hydroxylation sites is 1. The number of carbonyl (C=O) groups excluding carboxylic acids is 2. The number of methoxy groups -OCH3 is 1. The van der Waals surface area contributed by atoms with Gasteiger partial charge in [-0.2, -0.15) is 0 Å². The average molecular weight is 440 g/mol. The molecule has 0 bridgehead atoms. The summed E-state index contributed by atoms with van der Waals surface area (Å²) in [5, 5.41) is 18.9. The maximum atomic E-state index is 12.8. The van der Waals surface area contributed by atoms with Crippen molar-refractivity contribution in [2.45, 2.75) is 39.7 Å². The van der Waals surface area contributed by atoms with Crippen LogP contribution in [0.15, 0.2) is 35.9 Å². The Labute approximate surface area is 185 Å². The third kappa shape index (κ3) is 4.59. The first-order valence-electron chi connectivity index (χ1n) is 10.0. The number of rotatable bonds is 8. The van der Waals surface area contributed by atoms with E-state index in [0.717, 1.165) is 5.57 Å². The van der Waals surface area contributed by atoms with Crippen LogP contribution in [0.4, 0.5) is 0 Å². The number of phenolic OH excluding ortho intramolecular Hbond substituents is 1. The molecule has 2 aromatic rings. The van der Waals surface area contributed by atoms with Crippen molar-refractivity contribution in [3.8, 4) is 17.2 Å². The number of carboxylic acids is 1. The molecule has 8 nitrogen and oxygen atoms in total. The van der Waals surface area contributed by atoms with Gasteiger partial charge in [-0.15, -0.1) is 0 Å². The Morgan fingerprint density at radius 3 is 2.56 bits per heavy atom. The van der Waals surface area contributed by atoms with E-state index in [1.165, 1.54) is 19.2 Å². The second-order valence-electron chi connectivity index (χ2n) is 7.45. The molecule has 0 aromatic heterocycles. The molecule has 0 saturated carbocycles. The van der Waals surface area contributed by atoms with Crippen molar-refractivity contribution < 1.29 is 38.8 Å². The fraction of sp³-hybridized carbons (Fsp3) is 0.292. The van der Waals surface area contributed by atoms with E-state index in [1.807, 2.05) is 6.08 Å². The molecule has 0 amide bonds. The molecule has 3 rings (SSSR count). The van der Waals surface area contributed by atoms with Crippen LogP contribution in [0.25, 0.3) is 0 Å². The number of aromatic hydroxyl groups is 1. The maximum Gasteiger partial charge on any atom is 0.347 e. The Balaban J connectivity index is 2.09. The van der Waals surface area contributed by atoms with Gasteiger partial charge >= 0.3 is 17.9 Å². The van der Waals surface area contributed by atoms with Crippen molar-refractivity contribution in [3.05, 3.63) is 63.7 Å². The third-order valence-electron chi connectivity index (χ3n) is 5.33. The lowest BCUT2D eigenvalue weighted by Gasteiger charge is -2.19. The fourth-order valence-corrected chi connectivity index (χ4v) is 3.60. The minimum Gasteiger partial charge on any atom is -0.507 e. The van der Waals surface area contributed by atoms with Gasteiger partial charge in [0.15, 0.2) is 5.75 Å². The Morgan fingerprint density at radius 1 is 1.19 bits per heavy atom. The number of carbonyl (C=O) groups is 3. The molecule has 0 spiro atoms. The lowest BCUT2D eigenvalue weighted by molar-refractivity contribution is -0.136. The van der Waals surface area contributed by atoms with Crippen LogP contribution in [-0.4, -0.2) is 35.2 Å². The van der Waals surface area contributed by atoms with Crippen LogP contribution in [-0.2, 0) is 22.6 Å². The minimum absolute atomic E-state index is 0.00978. The largest absolute Gasteiger partial charge is 0.507 e. The van der Waals surface area contributed by atoms with Crippen molar-refractivity contribution in [3.63, 3.8) is 0 Å². The van der Waals surface area contributed by atoms with Gasteiger partial charge in [-0.05, 0) is 44.4 Å². The third-order valence-corrected chi connectivity index (χ3v) is 5.33. The zero-order valence-electron chi connectivity index (χ0n) is 18.1. The topological polar surface area (TPSA) is 119 Å². The average Bonchev–Trinajstić information content (AvgIpc) is 3.15. The summed E-state index contributed by atoms with van der Waals surface area (Å²) in [4.78, 5) is 36.2. The number of hydrogen-bond donors (Lipinski definition) is 2. The second-order valence-corrected chi connectivity index (χ2v) is 7.45. The minimum atomic E-state index is -0.899. The van der Waals surface area contributed by atoms with Gasteiger partial charge in [0.2, 0.25) is 0 Å². The highest BCUT2D eigenvalue weighted by atomic mass is 16.6. The first-order chi connectivity index (χ1) is 15.2. The SMILES string of the molecule is COc1c(C)c2c(c(OC(=O)c3ccccc3O)c1C/C=C(\C)CCC(=O)O)C(=O)OC2. The van der Waals surface area contributed by atoms with E-state index in [9.17, 15) is 19.5 Å². The number of hydrogen-bond acceptors (Lipinski definition) is 7. The fourth-order valence-electron chi connectivity index (χ4n) is 3.60. The van der Waals surface area contributed by atoms with E-state index >= 15 is 0 Å². The van der Waals surface area contributed by atoms with Gasteiger partial charge in [0.05, 0.1) is 7.11 Å². The van der Waals surface area contributed by atoms with Crippen LogP contribution < -0.4 is 9.47 Å². The molecule has 0 aliphatic carbocycles. The highest BCUT2D eigenvalue weighted by Crippen LogP contribution is 2.43. The summed E-state index contributed by atoms with van der Waals surface area (Å²) in [6.07, 6.45) is 2.39. The zero-order valence-corrected chi connectivity index (χ0v) is 18.1. The molecule has 0 saturated heterocycles. The van der Waals surface area contributed by atoms with Gasteiger partial charge in [-0.25, -0.2) is 9.59 Å². The number of benzene rings is 2. The lowest BCUT2D eigenvalue weighted by atomic mass is 9.94. The van der Waals surface area contributed by atoms with Crippen molar-refractivity contribution in [1.82, 2.24) is 0 Å². The molecule has 0 radical (unpaired) electrons. The van der Waals surface area contributed by atoms with E-state index in [0.29, 0.717) is 28.9 Å².